The van der Waals surface area contributed by atoms with Crippen LogP contribution in [0, 0.1) is 0 Å². The van der Waals surface area contributed by atoms with Crippen LogP contribution in [0.4, 0.5) is 0 Å². The van der Waals surface area contributed by atoms with Crippen LogP contribution in [0.25, 0.3) is 11.3 Å². The number of methoxy groups -OCH3 is 1. The Morgan fingerprint density at radius 2 is 2.25 bits per heavy atom. The Morgan fingerprint density at radius 1 is 1.38 bits per heavy atom. The first-order valence-electron chi connectivity index (χ1n) is 5.38. The van der Waals surface area contributed by atoms with E-state index < -0.39 is 0 Å². The van der Waals surface area contributed by atoms with E-state index in [0.29, 0.717) is 0 Å². The number of benzene rings is 1. The molecule has 0 atom stereocenters. The summed E-state index contributed by atoms with van der Waals surface area (Å²) >= 11 is 0. The SMILES string of the molecule is CCCn1nncc1-c1cccc(OC)c1. The molecule has 0 aliphatic rings. The number of ether oxygens (including phenoxy) is 1. The third kappa shape index (κ3) is 2.05. The fourth-order valence-corrected chi connectivity index (χ4v) is 1.64. The lowest BCUT2D eigenvalue weighted by molar-refractivity contribution is 0.415. The number of hydrogen-bond donors (Lipinski definition) is 0. The molecule has 0 amide bonds. The largest absolute Gasteiger partial charge is 0.497 e. The van der Waals surface area contributed by atoms with Crippen molar-refractivity contribution in [2.45, 2.75) is 19.9 Å². The summed E-state index contributed by atoms with van der Waals surface area (Å²) in [5.41, 5.74) is 2.11. The van der Waals surface area contributed by atoms with E-state index in [2.05, 4.69) is 17.2 Å². The Balaban J connectivity index is 2.37. The van der Waals surface area contributed by atoms with Crippen molar-refractivity contribution in [3.05, 3.63) is 30.5 Å². The van der Waals surface area contributed by atoms with Crippen molar-refractivity contribution >= 4 is 0 Å². The second kappa shape index (κ2) is 4.79. The Bertz CT molecular complexity index is 465. The maximum Gasteiger partial charge on any atom is 0.119 e. The van der Waals surface area contributed by atoms with Gasteiger partial charge in [0.2, 0.25) is 0 Å². The van der Waals surface area contributed by atoms with Gasteiger partial charge in [-0.2, -0.15) is 0 Å². The smallest absolute Gasteiger partial charge is 0.119 e. The lowest BCUT2D eigenvalue weighted by Gasteiger charge is -2.06. The Morgan fingerprint density at radius 3 is 3.00 bits per heavy atom. The van der Waals surface area contributed by atoms with Gasteiger partial charge in [0.05, 0.1) is 19.0 Å². The van der Waals surface area contributed by atoms with Crippen molar-refractivity contribution in [2.75, 3.05) is 7.11 Å². The summed E-state index contributed by atoms with van der Waals surface area (Å²) in [5, 5.41) is 8.01. The average molecular weight is 217 g/mol. The molecule has 0 aliphatic carbocycles. The summed E-state index contributed by atoms with van der Waals surface area (Å²) in [6, 6.07) is 7.92. The molecule has 16 heavy (non-hydrogen) atoms. The van der Waals surface area contributed by atoms with Crippen LogP contribution in [0.5, 0.6) is 5.75 Å². The Kier molecular flexibility index (Phi) is 3.19. The van der Waals surface area contributed by atoms with E-state index in [0.717, 1.165) is 30.0 Å². The monoisotopic (exact) mass is 217 g/mol. The van der Waals surface area contributed by atoms with E-state index in [-0.39, 0.29) is 0 Å². The first-order chi connectivity index (χ1) is 7.85. The maximum absolute atomic E-state index is 5.20. The quantitative estimate of drug-likeness (QED) is 0.789. The van der Waals surface area contributed by atoms with Crippen LogP contribution in [0.1, 0.15) is 13.3 Å². The molecule has 84 valence electrons. The Hall–Kier alpha value is -1.84. The van der Waals surface area contributed by atoms with Crippen LogP contribution < -0.4 is 4.74 Å². The van der Waals surface area contributed by atoms with Crippen molar-refractivity contribution in [1.82, 2.24) is 15.0 Å². The number of aromatic nitrogens is 3. The molecule has 1 aromatic heterocycles. The predicted molar refractivity (Wildman–Crippen MR) is 62.3 cm³/mol. The highest BCUT2D eigenvalue weighted by atomic mass is 16.5. The topological polar surface area (TPSA) is 39.9 Å². The van der Waals surface area contributed by atoms with E-state index in [4.69, 9.17) is 4.74 Å². The maximum atomic E-state index is 5.20. The standard InChI is InChI=1S/C12H15N3O/c1-3-7-15-12(9-13-14-15)10-5-4-6-11(8-10)16-2/h4-6,8-9H,3,7H2,1-2H3. The van der Waals surface area contributed by atoms with Gasteiger partial charge in [-0.3, -0.25) is 0 Å². The molecule has 0 spiro atoms. The summed E-state index contributed by atoms with van der Waals surface area (Å²) in [5.74, 6) is 0.849. The van der Waals surface area contributed by atoms with Gasteiger partial charge in [-0.1, -0.05) is 24.3 Å². The van der Waals surface area contributed by atoms with Gasteiger partial charge in [0, 0.05) is 12.1 Å². The van der Waals surface area contributed by atoms with E-state index >= 15 is 0 Å². The molecule has 0 aliphatic heterocycles. The van der Waals surface area contributed by atoms with E-state index in [1.165, 1.54) is 0 Å². The third-order valence-corrected chi connectivity index (χ3v) is 2.42. The van der Waals surface area contributed by atoms with Crippen LogP contribution in [0.15, 0.2) is 30.5 Å². The van der Waals surface area contributed by atoms with Crippen molar-refractivity contribution < 1.29 is 4.74 Å². The summed E-state index contributed by atoms with van der Waals surface area (Å²) in [6.07, 6.45) is 2.82. The second-order valence-corrected chi connectivity index (χ2v) is 3.57. The van der Waals surface area contributed by atoms with E-state index in [1.807, 2.05) is 28.9 Å². The molecular weight excluding hydrogens is 202 g/mol. The summed E-state index contributed by atoms with van der Waals surface area (Å²) in [7, 11) is 1.67. The van der Waals surface area contributed by atoms with E-state index in [1.54, 1.807) is 13.3 Å². The van der Waals surface area contributed by atoms with Crippen molar-refractivity contribution in [2.24, 2.45) is 0 Å². The molecule has 4 nitrogen and oxygen atoms in total. The normalized spacial score (nSPS) is 10.4. The highest BCUT2D eigenvalue weighted by Crippen LogP contribution is 2.22. The third-order valence-electron chi connectivity index (χ3n) is 2.42. The lowest BCUT2D eigenvalue weighted by atomic mass is 10.1. The zero-order chi connectivity index (χ0) is 11.4. The van der Waals surface area contributed by atoms with Crippen molar-refractivity contribution in [3.8, 4) is 17.0 Å². The van der Waals surface area contributed by atoms with Gasteiger partial charge in [-0.05, 0) is 18.6 Å². The van der Waals surface area contributed by atoms with Crippen LogP contribution in [-0.2, 0) is 6.54 Å². The molecule has 0 radical (unpaired) electrons. The van der Waals surface area contributed by atoms with Crippen molar-refractivity contribution in [1.29, 1.82) is 0 Å². The summed E-state index contributed by atoms with van der Waals surface area (Å²) in [4.78, 5) is 0. The zero-order valence-electron chi connectivity index (χ0n) is 9.55. The summed E-state index contributed by atoms with van der Waals surface area (Å²) in [6.45, 7) is 3.00. The van der Waals surface area contributed by atoms with Gasteiger partial charge >= 0.3 is 0 Å². The first-order valence-corrected chi connectivity index (χ1v) is 5.38. The minimum absolute atomic E-state index is 0.849. The number of rotatable bonds is 4. The molecule has 1 aromatic carbocycles. The molecular formula is C12H15N3O. The van der Waals surface area contributed by atoms with Crippen LogP contribution in [0.2, 0.25) is 0 Å². The second-order valence-electron chi connectivity index (χ2n) is 3.57. The molecule has 1 heterocycles. The highest BCUT2D eigenvalue weighted by Gasteiger charge is 2.06. The summed E-state index contributed by atoms with van der Waals surface area (Å²) < 4.78 is 7.11. The van der Waals surface area contributed by atoms with E-state index in [9.17, 15) is 0 Å². The van der Waals surface area contributed by atoms with Gasteiger partial charge in [-0.25, -0.2) is 4.68 Å². The number of nitrogens with zero attached hydrogens (tertiary/aromatic N) is 3. The van der Waals surface area contributed by atoms with Crippen LogP contribution >= 0.6 is 0 Å². The minimum Gasteiger partial charge on any atom is -0.497 e. The van der Waals surface area contributed by atoms with Gasteiger partial charge in [0.25, 0.3) is 0 Å². The molecule has 2 rings (SSSR count). The molecule has 4 heteroatoms. The number of aryl methyl sites for hydroxylation is 1. The number of hydrogen-bond acceptors (Lipinski definition) is 3. The van der Waals surface area contributed by atoms with Gasteiger partial charge in [-0.15, -0.1) is 5.10 Å². The Labute approximate surface area is 94.9 Å². The first kappa shape index (κ1) is 10.7. The molecule has 0 unspecified atom stereocenters. The van der Waals surface area contributed by atoms with Crippen LogP contribution in [-0.4, -0.2) is 22.1 Å². The minimum atomic E-state index is 0.849. The molecule has 0 fully saturated rings. The van der Waals surface area contributed by atoms with Crippen LogP contribution in [0.3, 0.4) is 0 Å². The fourth-order valence-electron chi connectivity index (χ4n) is 1.64. The van der Waals surface area contributed by atoms with Gasteiger partial charge in [0.1, 0.15) is 5.75 Å². The molecule has 0 N–H and O–H groups in total. The van der Waals surface area contributed by atoms with Gasteiger partial charge < -0.3 is 4.74 Å². The molecule has 0 saturated heterocycles. The highest BCUT2D eigenvalue weighted by molar-refractivity contribution is 5.60. The van der Waals surface area contributed by atoms with Crippen molar-refractivity contribution in [3.63, 3.8) is 0 Å². The molecule has 2 aromatic rings. The molecule has 0 saturated carbocycles. The molecule has 0 bridgehead atoms. The fraction of sp³-hybridized carbons (Fsp3) is 0.333. The predicted octanol–water partition coefficient (Wildman–Crippen LogP) is 2.36. The average Bonchev–Trinajstić information content (AvgIpc) is 2.78. The zero-order valence-corrected chi connectivity index (χ0v) is 9.55. The lowest BCUT2D eigenvalue weighted by Crippen LogP contribution is -2.01. The van der Waals surface area contributed by atoms with Gasteiger partial charge in [0.15, 0.2) is 0 Å².